The highest BCUT2D eigenvalue weighted by Gasteiger charge is 2.07. The number of hydrogen-bond donors (Lipinski definition) is 1. The lowest BCUT2D eigenvalue weighted by atomic mass is 10.3. The summed E-state index contributed by atoms with van der Waals surface area (Å²) in [7, 11) is 0. The van der Waals surface area contributed by atoms with Crippen LogP contribution in [-0.2, 0) is 20.9 Å². The smallest absolute Gasteiger partial charge is 0.306 e. The summed E-state index contributed by atoms with van der Waals surface area (Å²) in [5.41, 5.74) is 0. The molecule has 0 spiro atoms. The third-order valence-corrected chi connectivity index (χ3v) is 2.90. The van der Waals surface area contributed by atoms with Crippen molar-refractivity contribution in [2.45, 2.75) is 33.2 Å². The number of esters is 1. The quantitative estimate of drug-likeness (QED) is 0.781. The van der Waals surface area contributed by atoms with E-state index in [0.29, 0.717) is 13.2 Å². The number of amides is 1. The SMILES string of the molecule is CCOC(=O)CCC(=O)NCc1cnc(C)s1. The Balaban J connectivity index is 2.19. The first-order valence-electron chi connectivity index (χ1n) is 5.45. The second-order valence-electron chi connectivity index (χ2n) is 3.43. The van der Waals surface area contributed by atoms with E-state index in [1.165, 1.54) is 0 Å². The minimum Gasteiger partial charge on any atom is -0.466 e. The van der Waals surface area contributed by atoms with Crippen LogP contribution >= 0.6 is 11.3 Å². The largest absolute Gasteiger partial charge is 0.466 e. The van der Waals surface area contributed by atoms with Crippen LogP contribution in [0.3, 0.4) is 0 Å². The fourth-order valence-corrected chi connectivity index (χ4v) is 1.94. The van der Waals surface area contributed by atoms with Crippen molar-refractivity contribution in [1.82, 2.24) is 10.3 Å². The van der Waals surface area contributed by atoms with Gasteiger partial charge in [0.05, 0.1) is 24.6 Å². The molecule has 94 valence electrons. The van der Waals surface area contributed by atoms with E-state index in [-0.39, 0.29) is 24.7 Å². The van der Waals surface area contributed by atoms with Crippen molar-refractivity contribution in [3.05, 3.63) is 16.1 Å². The molecule has 1 N–H and O–H groups in total. The molecule has 0 fully saturated rings. The monoisotopic (exact) mass is 256 g/mol. The van der Waals surface area contributed by atoms with Gasteiger partial charge in [0, 0.05) is 17.5 Å². The highest BCUT2D eigenvalue weighted by atomic mass is 32.1. The van der Waals surface area contributed by atoms with E-state index >= 15 is 0 Å². The fourth-order valence-electron chi connectivity index (χ4n) is 1.21. The summed E-state index contributed by atoms with van der Waals surface area (Å²) in [4.78, 5) is 27.5. The first-order valence-corrected chi connectivity index (χ1v) is 6.27. The molecule has 0 saturated carbocycles. The maximum atomic E-state index is 11.4. The first-order chi connectivity index (χ1) is 8.11. The molecule has 1 amide bonds. The molecule has 6 heteroatoms. The van der Waals surface area contributed by atoms with Gasteiger partial charge in [-0.05, 0) is 13.8 Å². The molecule has 0 radical (unpaired) electrons. The fraction of sp³-hybridized carbons (Fsp3) is 0.545. The molecule has 1 aromatic rings. The zero-order valence-corrected chi connectivity index (χ0v) is 10.8. The first kappa shape index (κ1) is 13.6. The van der Waals surface area contributed by atoms with Crippen molar-refractivity contribution in [3.63, 3.8) is 0 Å². The summed E-state index contributed by atoms with van der Waals surface area (Å²) in [6, 6.07) is 0. The summed E-state index contributed by atoms with van der Waals surface area (Å²) >= 11 is 1.54. The van der Waals surface area contributed by atoms with E-state index < -0.39 is 0 Å². The van der Waals surface area contributed by atoms with Gasteiger partial charge in [-0.2, -0.15) is 0 Å². The Morgan fingerprint density at radius 2 is 2.24 bits per heavy atom. The van der Waals surface area contributed by atoms with Crippen LogP contribution in [0.2, 0.25) is 0 Å². The highest BCUT2D eigenvalue weighted by Crippen LogP contribution is 2.10. The second kappa shape index (κ2) is 7.01. The zero-order valence-electron chi connectivity index (χ0n) is 9.99. The van der Waals surface area contributed by atoms with Crippen molar-refractivity contribution in [2.24, 2.45) is 0 Å². The molecule has 17 heavy (non-hydrogen) atoms. The normalized spacial score (nSPS) is 10.0. The van der Waals surface area contributed by atoms with Crippen molar-refractivity contribution >= 4 is 23.2 Å². The van der Waals surface area contributed by atoms with E-state index in [4.69, 9.17) is 4.74 Å². The van der Waals surface area contributed by atoms with Crippen molar-refractivity contribution in [1.29, 1.82) is 0 Å². The topological polar surface area (TPSA) is 68.3 Å². The van der Waals surface area contributed by atoms with Crippen LogP contribution in [0.5, 0.6) is 0 Å². The number of nitrogens with zero attached hydrogens (tertiary/aromatic N) is 1. The Morgan fingerprint density at radius 1 is 1.47 bits per heavy atom. The number of thiazole rings is 1. The van der Waals surface area contributed by atoms with Crippen LogP contribution in [0.15, 0.2) is 6.20 Å². The van der Waals surface area contributed by atoms with Crippen LogP contribution in [0.25, 0.3) is 0 Å². The van der Waals surface area contributed by atoms with Crippen LogP contribution in [0, 0.1) is 6.92 Å². The molecule has 0 aromatic carbocycles. The molecule has 0 bridgehead atoms. The molecular formula is C11H16N2O3S. The highest BCUT2D eigenvalue weighted by molar-refractivity contribution is 7.11. The number of ether oxygens (including phenoxy) is 1. The Morgan fingerprint density at radius 3 is 2.82 bits per heavy atom. The molecule has 0 aliphatic rings. The molecular weight excluding hydrogens is 240 g/mol. The van der Waals surface area contributed by atoms with Gasteiger partial charge in [-0.25, -0.2) is 4.98 Å². The van der Waals surface area contributed by atoms with Crippen LogP contribution < -0.4 is 5.32 Å². The van der Waals surface area contributed by atoms with Crippen molar-refractivity contribution < 1.29 is 14.3 Å². The number of rotatable bonds is 6. The maximum Gasteiger partial charge on any atom is 0.306 e. The average Bonchev–Trinajstić information content (AvgIpc) is 2.70. The molecule has 0 saturated heterocycles. The van der Waals surface area contributed by atoms with Gasteiger partial charge >= 0.3 is 5.97 Å². The molecule has 1 rings (SSSR count). The van der Waals surface area contributed by atoms with E-state index in [0.717, 1.165) is 9.88 Å². The molecule has 1 heterocycles. The molecule has 0 unspecified atom stereocenters. The summed E-state index contributed by atoms with van der Waals surface area (Å²) in [6.07, 6.45) is 2.03. The predicted octanol–water partition coefficient (Wildman–Crippen LogP) is 1.41. The Hall–Kier alpha value is -1.43. The van der Waals surface area contributed by atoms with E-state index in [9.17, 15) is 9.59 Å². The summed E-state index contributed by atoms with van der Waals surface area (Å²) in [5, 5.41) is 3.71. The number of carbonyl (C=O) groups is 2. The van der Waals surface area contributed by atoms with E-state index in [1.54, 1.807) is 24.5 Å². The van der Waals surface area contributed by atoms with Crippen molar-refractivity contribution in [3.8, 4) is 0 Å². The lowest BCUT2D eigenvalue weighted by Gasteiger charge is -2.03. The zero-order chi connectivity index (χ0) is 12.7. The number of aryl methyl sites for hydroxylation is 1. The predicted molar refractivity (Wildman–Crippen MR) is 64.6 cm³/mol. The van der Waals surface area contributed by atoms with Gasteiger partial charge in [0.2, 0.25) is 5.91 Å². The Bertz CT molecular complexity index is 390. The van der Waals surface area contributed by atoms with Gasteiger partial charge in [-0.3, -0.25) is 9.59 Å². The van der Waals surface area contributed by atoms with Gasteiger partial charge in [-0.15, -0.1) is 11.3 Å². The van der Waals surface area contributed by atoms with Gasteiger partial charge in [0.25, 0.3) is 0 Å². The summed E-state index contributed by atoms with van der Waals surface area (Å²) in [5.74, 6) is -0.486. The number of nitrogens with one attached hydrogen (secondary N) is 1. The lowest BCUT2D eigenvalue weighted by molar-refractivity contribution is -0.144. The Kier molecular flexibility index (Phi) is 5.62. The summed E-state index contributed by atoms with van der Waals surface area (Å²) < 4.78 is 4.73. The third-order valence-electron chi connectivity index (χ3n) is 1.99. The molecule has 5 nitrogen and oxygen atoms in total. The van der Waals surface area contributed by atoms with Gasteiger partial charge in [-0.1, -0.05) is 0 Å². The third kappa shape index (κ3) is 5.44. The van der Waals surface area contributed by atoms with Crippen molar-refractivity contribution in [2.75, 3.05) is 6.61 Å². The number of carbonyl (C=O) groups excluding carboxylic acids is 2. The van der Waals surface area contributed by atoms with E-state index in [1.807, 2.05) is 6.92 Å². The maximum absolute atomic E-state index is 11.4. The van der Waals surface area contributed by atoms with Crippen LogP contribution in [-0.4, -0.2) is 23.5 Å². The second-order valence-corrected chi connectivity index (χ2v) is 4.75. The number of aromatic nitrogens is 1. The molecule has 0 atom stereocenters. The van der Waals surface area contributed by atoms with Crippen LogP contribution in [0.4, 0.5) is 0 Å². The van der Waals surface area contributed by atoms with Gasteiger partial charge in [0.1, 0.15) is 0 Å². The van der Waals surface area contributed by atoms with Crippen LogP contribution in [0.1, 0.15) is 29.7 Å². The lowest BCUT2D eigenvalue weighted by Crippen LogP contribution is -2.23. The van der Waals surface area contributed by atoms with Gasteiger partial charge < -0.3 is 10.1 Å². The summed E-state index contributed by atoms with van der Waals surface area (Å²) in [6.45, 7) is 4.47. The number of hydrogen-bond acceptors (Lipinski definition) is 5. The molecule has 0 aliphatic carbocycles. The van der Waals surface area contributed by atoms with Gasteiger partial charge in [0.15, 0.2) is 0 Å². The molecule has 1 aromatic heterocycles. The standard InChI is InChI=1S/C11H16N2O3S/c1-3-16-11(15)5-4-10(14)13-7-9-6-12-8(2)17-9/h6H,3-5,7H2,1-2H3,(H,13,14). The minimum absolute atomic E-state index is 0.126. The Labute approximate surface area is 104 Å². The van der Waals surface area contributed by atoms with E-state index in [2.05, 4.69) is 10.3 Å². The average molecular weight is 256 g/mol. The minimum atomic E-state index is -0.337. The molecule has 0 aliphatic heterocycles.